The molecule has 0 aliphatic carbocycles. The van der Waals surface area contributed by atoms with E-state index in [1.54, 1.807) is 35.1 Å². The van der Waals surface area contributed by atoms with E-state index in [0.29, 0.717) is 17.0 Å². The number of benzene rings is 1. The molecule has 0 amide bonds. The lowest BCUT2D eigenvalue weighted by molar-refractivity contribution is 0.0733. The van der Waals surface area contributed by atoms with Crippen LogP contribution < -0.4 is 4.74 Å². The van der Waals surface area contributed by atoms with Gasteiger partial charge >= 0.3 is 5.97 Å². The number of carbonyl (C=O) groups excluding carboxylic acids is 1. The highest BCUT2D eigenvalue weighted by Crippen LogP contribution is 2.15. The minimum Gasteiger partial charge on any atom is -0.421 e. The molecule has 5 nitrogen and oxygen atoms in total. The molecular formula is C14H11N3O2. The molecule has 19 heavy (non-hydrogen) atoms. The molecule has 0 aliphatic rings. The van der Waals surface area contributed by atoms with Crippen molar-refractivity contribution in [3.8, 4) is 5.75 Å². The molecule has 0 saturated carbocycles. The van der Waals surface area contributed by atoms with Crippen molar-refractivity contribution in [3.63, 3.8) is 0 Å². The van der Waals surface area contributed by atoms with E-state index in [2.05, 4.69) is 10.2 Å². The van der Waals surface area contributed by atoms with Crippen molar-refractivity contribution in [2.24, 2.45) is 0 Å². The van der Waals surface area contributed by atoms with Crippen LogP contribution in [0.3, 0.4) is 0 Å². The average Bonchev–Trinajstić information content (AvgIpc) is 2.86. The number of hydrogen-bond donors (Lipinski definition) is 0. The second kappa shape index (κ2) is 4.53. The second-order valence-electron chi connectivity index (χ2n) is 4.17. The number of aryl methyl sites for hydroxylation is 1. The Balaban J connectivity index is 1.88. The molecule has 3 aromatic rings. The SMILES string of the molecule is Cc1ccccc1C(=O)Oc1ccc2nncn2c1. The number of pyridine rings is 1. The molecule has 0 aliphatic heterocycles. The standard InChI is InChI=1S/C14H11N3O2/c1-10-4-2-3-5-12(10)14(18)19-11-6-7-13-16-15-9-17(13)8-11/h2-9H,1H3. The van der Waals surface area contributed by atoms with Gasteiger partial charge in [-0.3, -0.25) is 4.40 Å². The third-order valence-electron chi connectivity index (χ3n) is 2.84. The molecular weight excluding hydrogens is 242 g/mol. The Bertz CT molecular complexity index is 749. The van der Waals surface area contributed by atoms with Gasteiger partial charge in [0.2, 0.25) is 0 Å². The number of hydrogen-bond acceptors (Lipinski definition) is 4. The van der Waals surface area contributed by atoms with E-state index in [-0.39, 0.29) is 5.97 Å². The topological polar surface area (TPSA) is 56.5 Å². The minimum absolute atomic E-state index is 0.370. The molecule has 2 aromatic heterocycles. The third-order valence-corrected chi connectivity index (χ3v) is 2.84. The highest BCUT2D eigenvalue weighted by Gasteiger charge is 2.11. The van der Waals surface area contributed by atoms with Gasteiger partial charge in [-0.1, -0.05) is 18.2 Å². The first-order valence-corrected chi connectivity index (χ1v) is 5.81. The molecule has 0 fully saturated rings. The predicted octanol–water partition coefficient (Wildman–Crippen LogP) is 2.26. The van der Waals surface area contributed by atoms with Gasteiger partial charge in [0.15, 0.2) is 5.65 Å². The predicted molar refractivity (Wildman–Crippen MR) is 69.1 cm³/mol. The molecule has 0 bridgehead atoms. The summed E-state index contributed by atoms with van der Waals surface area (Å²) >= 11 is 0. The van der Waals surface area contributed by atoms with Gasteiger partial charge in [0.1, 0.15) is 12.1 Å². The Kier molecular flexibility index (Phi) is 2.72. The van der Waals surface area contributed by atoms with Gasteiger partial charge in [-0.15, -0.1) is 10.2 Å². The molecule has 0 atom stereocenters. The summed E-state index contributed by atoms with van der Waals surface area (Å²) < 4.78 is 7.04. The van der Waals surface area contributed by atoms with E-state index in [9.17, 15) is 4.79 Å². The maximum Gasteiger partial charge on any atom is 0.343 e. The summed E-state index contributed by atoms with van der Waals surface area (Å²) in [5.74, 6) is 0.0890. The van der Waals surface area contributed by atoms with Gasteiger partial charge < -0.3 is 4.74 Å². The van der Waals surface area contributed by atoms with Gasteiger partial charge in [0, 0.05) is 0 Å². The van der Waals surface area contributed by atoms with Gasteiger partial charge in [-0.2, -0.15) is 0 Å². The molecule has 0 saturated heterocycles. The Morgan fingerprint density at radius 3 is 2.89 bits per heavy atom. The van der Waals surface area contributed by atoms with Crippen molar-refractivity contribution in [2.75, 3.05) is 0 Å². The van der Waals surface area contributed by atoms with Crippen LogP contribution in [0, 0.1) is 6.92 Å². The molecule has 5 heteroatoms. The van der Waals surface area contributed by atoms with E-state index >= 15 is 0 Å². The van der Waals surface area contributed by atoms with Crippen LogP contribution in [0.25, 0.3) is 5.65 Å². The fourth-order valence-electron chi connectivity index (χ4n) is 1.83. The molecule has 1 aromatic carbocycles. The largest absolute Gasteiger partial charge is 0.421 e. The summed E-state index contributed by atoms with van der Waals surface area (Å²) in [5, 5.41) is 7.65. The van der Waals surface area contributed by atoms with Crippen molar-refractivity contribution in [1.29, 1.82) is 0 Å². The summed E-state index contributed by atoms with van der Waals surface area (Å²) in [6.45, 7) is 1.87. The normalized spacial score (nSPS) is 10.6. The smallest absolute Gasteiger partial charge is 0.343 e. The van der Waals surface area contributed by atoms with Gasteiger partial charge in [-0.05, 0) is 30.7 Å². The molecule has 2 heterocycles. The average molecular weight is 253 g/mol. The van der Waals surface area contributed by atoms with Crippen LogP contribution in [0.2, 0.25) is 0 Å². The fourth-order valence-corrected chi connectivity index (χ4v) is 1.83. The first-order valence-electron chi connectivity index (χ1n) is 5.81. The van der Waals surface area contributed by atoms with Gasteiger partial charge in [-0.25, -0.2) is 4.79 Å². The van der Waals surface area contributed by atoms with Crippen molar-refractivity contribution < 1.29 is 9.53 Å². The van der Waals surface area contributed by atoms with Crippen LogP contribution >= 0.6 is 0 Å². The van der Waals surface area contributed by atoms with Gasteiger partial charge in [0.05, 0.1) is 11.8 Å². The van der Waals surface area contributed by atoms with Crippen LogP contribution in [0.15, 0.2) is 48.9 Å². The van der Waals surface area contributed by atoms with Crippen LogP contribution in [0.5, 0.6) is 5.75 Å². The van der Waals surface area contributed by atoms with E-state index in [4.69, 9.17) is 4.74 Å². The van der Waals surface area contributed by atoms with E-state index < -0.39 is 0 Å². The third kappa shape index (κ3) is 2.18. The fraction of sp³-hybridized carbons (Fsp3) is 0.0714. The van der Waals surface area contributed by atoms with Crippen molar-refractivity contribution in [3.05, 3.63) is 60.0 Å². The molecule has 0 unspecified atom stereocenters. The van der Waals surface area contributed by atoms with E-state index in [0.717, 1.165) is 5.56 Å². The highest BCUT2D eigenvalue weighted by molar-refractivity contribution is 5.92. The van der Waals surface area contributed by atoms with Gasteiger partial charge in [0.25, 0.3) is 0 Å². The number of aromatic nitrogens is 3. The lowest BCUT2D eigenvalue weighted by Gasteiger charge is -2.06. The quantitative estimate of drug-likeness (QED) is 0.657. The van der Waals surface area contributed by atoms with Crippen LogP contribution in [-0.4, -0.2) is 20.6 Å². The number of nitrogens with zero attached hydrogens (tertiary/aromatic N) is 3. The maximum absolute atomic E-state index is 12.0. The molecule has 0 radical (unpaired) electrons. The summed E-state index contributed by atoms with van der Waals surface area (Å²) in [5.41, 5.74) is 2.15. The number of fused-ring (bicyclic) bond motifs is 1. The highest BCUT2D eigenvalue weighted by atomic mass is 16.5. The number of rotatable bonds is 2. The summed E-state index contributed by atoms with van der Waals surface area (Å²) in [4.78, 5) is 12.0. The zero-order valence-corrected chi connectivity index (χ0v) is 10.3. The minimum atomic E-state index is -0.370. The lowest BCUT2D eigenvalue weighted by Crippen LogP contribution is -2.10. The zero-order chi connectivity index (χ0) is 13.2. The van der Waals surface area contributed by atoms with E-state index in [1.165, 1.54) is 0 Å². The van der Waals surface area contributed by atoms with Crippen LogP contribution in [0.1, 0.15) is 15.9 Å². The first-order chi connectivity index (χ1) is 9.24. The maximum atomic E-state index is 12.0. The number of esters is 1. The molecule has 0 spiro atoms. The Morgan fingerprint density at radius 2 is 2.05 bits per heavy atom. The Morgan fingerprint density at radius 1 is 1.21 bits per heavy atom. The monoisotopic (exact) mass is 253 g/mol. The zero-order valence-electron chi connectivity index (χ0n) is 10.3. The summed E-state index contributed by atoms with van der Waals surface area (Å²) in [6.07, 6.45) is 3.23. The van der Waals surface area contributed by atoms with Crippen LogP contribution in [-0.2, 0) is 0 Å². The number of carbonyl (C=O) groups is 1. The first kappa shape index (κ1) is 11.4. The van der Waals surface area contributed by atoms with Crippen molar-refractivity contribution in [1.82, 2.24) is 14.6 Å². The van der Waals surface area contributed by atoms with Crippen molar-refractivity contribution in [2.45, 2.75) is 6.92 Å². The molecule has 94 valence electrons. The summed E-state index contributed by atoms with van der Waals surface area (Å²) in [7, 11) is 0. The lowest BCUT2D eigenvalue weighted by atomic mass is 10.1. The van der Waals surface area contributed by atoms with Crippen molar-refractivity contribution >= 4 is 11.6 Å². The second-order valence-corrected chi connectivity index (χ2v) is 4.17. The Hall–Kier alpha value is -2.69. The Labute approximate surface area is 109 Å². The van der Waals surface area contributed by atoms with E-state index in [1.807, 2.05) is 25.1 Å². The molecule has 0 N–H and O–H groups in total. The summed E-state index contributed by atoms with van der Waals surface area (Å²) in [6, 6.07) is 10.8. The van der Waals surface area contributed by atoms with Crippen LogP contribution in [0.4, 0.5) is 0 Å². The molecule has 3 rings (SSSR count). The number of ether oxygens (including phenoxy) is 1.